The Labute approximate surface area is 169 Å². The van der Waals surface area contributed by atoms with E-state index in [4.69, 9.17) is 4.74 Å². The van der Waals surface area contributed by atoms with Gasteiger partial charge in [-0.15, -0.1) is 0 Å². The number of imide groups is 2. The van der Waals surface area contributed by atoms with Crippen LogP contribution in [0.4, 0.5) is 10.5 Å². The number of amides is 4. The Bertz CT molecular complexity index is 1020. The number of phenolic OH excluding ortho intramolecular Hbond substituents is 1. The van der Waals surface area contributed by atoms with Gasteiger partial charge in [0.05, 0.1) is 12.8 Å². The molecule has 0 spiro atoms. The van der Waals surface area contributed by atoms with Gasteiger partial charge in [0.1, 0.15) is 5.57 Å². The number of aromatic hydroxyl groups is 1. The number of nitrogens with zero attached hydrogens (tertiary/aromatic N) is 1. The first-order valence-corrected chi connectivity index (χ1v) is 9.07. The largest absolute Gasteiger partial charge is 0.504 e. The van der Waals surface area contributed by atoms with Gasteiger partial charge < -0.3 is 9.84 Å². The van der Waals surface area contributed by atoms with Crippen LogP contribution in [-0.2, 0) is 9.59 Å². The Morgan fingerprint density at radius 3 is 2.32 bits per heavy atom. The van der Waals surface area contributed by atoms with Crippen LogP contribution in [0.25, 0.3) is 6.08 Å². The molecule has 1 aliphatic heterocycles. The van der Waals surface area contributed by atoms with Crippen LogP contribution >= 0.6 is 15.9 Å². The minimum atomic E-state index is -0.806. The van der Waals surface area contributed by atoms with Crippen LogP contribution in [0.5, 0.6) is 11.5 Å². The number of ether oxygens (including phenoxy) is 1. The summed E-state index contributed by atoms with van der Waals surface area (Å²) < 4.78 is 5.52. The molecule has 0 atom stereocenters. The fourth-order valence-electron chi connectivity index (χ4n) is 2.96. The second kappa shape index (κ2) is 7.47. The van der Waals surface area contributed by atoms with E-state index in [1.807, 2.05) is 19.9 Å². The van der Waals surface area contributed by atoms with Gasteiger partial charge in [-0.25, -0.2) is 9.69 Å². The topological polar surface area (TPSA) is 95.9 Å². The Hall–Kier alpha value is -3.13. The summed E-state index contributed by atoms with van der Waals surface area (Å²) in [7, 11) is 1.39. The fraction of sp³-hybridized carbons (Fsp3) is 0.150. The van der Waals surface area contributed by atoms with Gasteiger partial charge in [-0.3, -0.25) is 14.9 Å². The van der Waals surface area contributed by atoms with Crippen molar-refractivity contribution in [3.63, 3.8) is 0 Å². The maximum absolute atomic E-state index is 13.0. The molecule has 0 radical (unpaired) electrons. The lowest BCUT2D eigenvalue weighted by Crippen LogP contribution is -2.54. The van der Waals surface area contributed by atoms with Crippen LogP contribution in [0, 0.1) is 13.8 Å². The van der Waals surface area contributed by atoms with E-state index in [0.717, 1.165) is 16.0 Å². The van der Waals surface area contributed by atoms with Crippen LogP contribution in [-0.4, -0.2) is 30.1 Å². The highest BCUT2D eigenvalue weighted by molar-refractivity contribution is 9.10. The molecule has 7 nitrogen and oxygen atoms in total. The predicted octanol–water partition coefficient (Wildman–Crippen LogP) is 3.45. The molecular formula is C20H17BrN2O5. The molecule has 28 heavy (non-hydrogen) atoms. The molecule has 1 aliphatic rings. The lowest BCUT2D eigenvalue weighted by molar-refractivity contribution is -0.122. The van der Waals surface area contributed by atoms with Gasteiger partial charge in [0, 0.05) is 4.47 Å². The van der Waals surface area contributed by atoms with Gasteiger partial charge in [-0.05, 0) is 60.9 Å². The quantitative estimate of drug-likeness (QED) is 0.558. The number of nitrogens with one attached hydrogen (secondary N) is 1. The number of carbonyl (C=O) groups excluding carboxylic acids is 3. The van der Waals surface area contributed by atoms with Gasteiger partial charge in [0.15, 0.2) is 11.5 Å². The van der Waals surface area contributed by atoms with Gasteiger partial charge >= 0.3 is 6.03 Å². The molecule has 2 aromatic rings. The molecule has 0 bridgehead atoms. The molecule has 8 heteroatoms. The summed E-state index contributed by atoms with van der Waals surface area (Å²) in [6.45, 7) is 3.70. The SMILES string of the molecule is COc1cc(/C=C2/C(=O)NC(=O)N(c3cc(C)cc(C)c3)C2=O)c(Br)cc1O. The monoisotopic (exact) mass is 444 g/mol. The maximum Gasteiger partial charge on any atom is 0.335 e. The number of hydrogen-bond donors (Lipinski definition) is 2. The van der Waals surface area contributed by atoms with Crippen molar-refractivity contribution >= 4 is 45.5 Å². The van der Waals surface area contributed by atoms with E-state index in [9.17, 15) is 19.5 Å². The molecular weight excluding hydrogens is 428 g/mol. The lowest BCUT2D eigenvalue weighted by atomic mass is 10.0. The van der Waals surface area contributed by atoms with E-state index in [-0.39, 0.29) is 17.1 Å². The van der Waals surface area contributed by atoms with E-state index >= 15 is 0 Å². The normalized spacial score (nSPS) is 15.8. The summed E-state index contributed by atoms with van der Waals surface area (Å²) in [6.07, 6.45) is 1.34. The fourth-order valence-corrected chi connectivity index (χ4v) is 3.41. The highest BCUT2D eigenvalue weighted by atomic mass is 79.9. The standard InChI is InChI=1S/C20H17BrN2O5/c1-10-4-11(2)6-13(5-10)23-19(26)14(18(25)22-20(23)27)7-12-8-17(28-3)16(24)9-15(12)21/h4-9,24H,1-3H3,(H,22,25,27)/b14-7-. The zero-order chi connectivity index (χ0) is 20.6. The molecule has 2 aromatic carbocycles. The van der Waals surface area contributed by atoms with Crippen molar-refractivity contribution in [1.29, 1.82) is 0 Å². The van der Waals surface area contributed by atoms with E-state index in [2.05, 4.69) is 21.2 Å². The van der Waals surface area contributed by atoms with Crippen LogP contribution in [0.2, 0.25) is 0 Å². The summed E-state index contributed by atoms with van der Waals surface area (Å²) in [5.74, 6) is -1.45. The van der Waals surface area contributed by atoms with Crippen molar-refractivity contribution in [2.24, 2.45) is 0 Å². The number of carbonyl (C=O) groups is 3. The third-order valence-corrected chi connectivity index (χ3v) is 4.85. The number of barbiturate groups is 1. The summed E-state index contributed by atoms with van der Waals surface area (Å²) in [6, 6.07) is 7.36. The number of methoxy groups -OCH3 is 1. The minimum absolute atomic E-state index is 0.0945. The second-order valence-electron chi connectivity index (χ2n) is 6.35. The van der Waals surface area contributed by atoms with Crippen LogP contribution < -0.4 is 15.0 Å². The van der Waals surface area contributed by atoms with Crippen molar-refractivity contribution in [3.05, 3.63) is 57.1 Å². The number of aryl methyl sites for hydroxylation is 2. The Balaban J connectivity index is 2.09. The number of phenols is 1. The summed E-state index contributed by atoms with van der Waals surface area (Å²) in [4.78, 5) is 38.6. The smallest absolute Gasteiger partial charge is 0.335 e. The van der Waals surface area contributed by atoms with Crippen molar-refractivity contribution in [1.82, 2.24) is 5.32 Å². The molecule has 0 unspecified atom stereocenters. The highest BCUT2D eigenvalue weighted by Crippen LogP contribution is 2.34. The van der Waals surface area contributed by atoms with Crippen molar-refractivity contribution in [3.8, 4) is 11.5 Å². The third kappa shape index (κ3) is 3.63. The number of rotatable bonds is 3. The maximum atomic E-state index is 13.0. The average Bonchev–Trinajstić information content (AvgIpc) is 2.59. The molecule has 0 saturated carbocycles. The summed E-state index contributed by atoms with van der Waals surface area (Å²) in [5, 5.41) is 12.0. The molecule has 0 aliphatic carbocycles. The zero-order valence-electron chi connectivity index (χ0n) is 15.4. The number of anilines is 1. The predicted molar refractivity (Wildman–Crippen MR) is 107 cm³/mol. The van der Waals surface area contributed by atoms with Crippen LogP contribution in [0.1, 0.15) is 16.7 Å². The van der Waals surface area contributed by atoms with Crippen molar-refractivity contribution in [2.75, 3.05) is 12.0 Å². The Kier molecular flexibility index (Phi) is 5.24. The number of benzene rings is 2. The van der Waals surface area contributed by atoms with E-state index in [1.165, 1.54) is 25.3 Å². The molecule has 2 N–H and O–H groups in total. The zero-order valence-corrected chi connectivity index (χ0v) is 17.0. The van der Waals surface area contributed by atoms with Gasteiger partial charge in [0.25, 0.3) is 11.8 Å². The first-order valence-electron chi connectivity index (χ1n) is 8.27. The molecule has 4 amide bonds. The molecule has 1 heterocycles. The molecule has 144 valence electrons. The Morgan fingerprint density at radius 1 is 1.07 bits per heavy atom. The summed E-state index contributed by atoms with van der Waals surface area (Å²) >= 11 is 3.28. The van der Waals surface area contributed by atoms with E-state index in [1.54, 1.807) is 12.1 Å². The van der Waals surface area contributed by atoms with Gasteiger partial charge in [-0.1, -0.05) is 22.0 Å². The Morgan fingerprint density at radius 2 is 1.71 bits per heavy atom. The number of halogens is 1. The van der Waals surface area contributed by atoms with Crippen molar-refractivity contribution in [2.45, 2.75) is 13.8 Å². The third-order valence-electron chi connectivity index (χ3n) is 4.16. The molecule has 3 rings (SSSR count). The minimum Gasteiger partial charge on any atom is -0.504 e. The van der Waals surface area contributed by atoms with Gasteiger partial charge in [-0.2, -0.15) is 0 Å². The van der Waals surface area contributed by atoms with Crippen LogP contribution in [0.15, 0.2) is 40.4 Å². The lowest BCUT2D eigenvalue weighted by Gasteiger charge is -2.27. The summed E-state index contributed by atoms with van der Waals surface area (Å²) in [5.41, 5.74) is 2.35. The van der Waals surface area contributed by atoms with Gasteiger partial charge in [0.2, 0.25) is 0 Å². The molecule has 1 fully saturated rings. The number of urea groups is 1. The first kappa shape index (κ1) is 19.6. The molecule has 1 saturated heterocycles. The number of hydrogen-bond acceptors (Lipinski definition) is 5. The van der Waals surface area contributed by atoms with Crippen molar-refractivity contribution < 1.29 is 24.2 Å². The van der Waals surface area contributed by atoms with E-state index < -0.39 is 17.8 Å². The first-order chi connectivity index (χ1) is 13.2. The van der Waals surface area contributed by atoms with E-state index in [0.29, 0.717) is 15.7 Å². The second-order valence-corrected chi connectivity index (χ2v) is 7.20. The average molecular weight is 445 g/mol. The van der Waals surface area contributed by atoms with Crippen LogP contribution in [0.3, 0.4) is 0 Å². The highest BCUT2D eigenvalue weighted by Gasteiger charge is 2.37. The molecule has 0 aromatic heterocycles.